The van der Waals surface area contributed by atoms with Gasteiger partial charge in [-0.1, -0.05) is 62.2 Å². The zero-order valence-electron chi connectivity index (χ0n) is 36.3. The van der Waals surface area contributed by atoms with E-state index in [-0.39, 0.29) is 54.2 Å². The first-order valence-corrected chi connectivity index (χ1v) is 21.7. The molecule has 0 spiro atoms. The van der Waals surface area contributed by atoms with Crippen molar-refractivity contribution in [2.24, 2.45) is 0 Å². The van der Waals surface area contributed by atoms with Crippen molar-refractivity contribution in [1.29, 1.82) is 0 Å². The minimum atomic E-state index is -4.99. The number of anilines is 1. The molecule has 0 aromatic heterocycles. The van der Waals surface area contributed by atoms with Gasteiger partial charge in [0, 0.05) is 45.1 Å². The predicted molar refractivity (Wildman–Crippen MR) is 235 cm³/mol. The first-order chi connectivity index (χ1) is 32.3. The third kappa shape index (κ3) is 11.0. The van der Waals surface area contributed by atoms with Crippen molar-refractivity contribution in [3.8, 4) is 11.5 Å². The fourth-order valence-corrected chi connectivity index (χ4v) is 8.08. The maximum atomic E-state index is 15.0. The van der Waals surface area contributed by atoms with Crippen LogP contribution in [0.25, 0.3) is 0 Å². The van der Waals surface area contributed by atoms with E-state index in [1.807, 2.05) is 0 Å². The topological polar surface area (TPSA) is 147 Å². The summed E-state index contributed by atoms with van der Waals surface area (Å²) in [5.74, 6) is -6.14. The van der Waals surface area contributed by atoms with Crippen molar-refractivity contribution in [1.82, 2.24) is 5.32 Å². The zero-order valence-corrected chi connectivity index (χ0v) is 39.5. The highest BCUT2D eigenvalue weighted by atomic mass is 79.9. The number of benzene rings is 5. The number of hydrogen-bond acceptors (Lipinski definition) is 10. The second-order valence-electron chi connectivity index (χ2n) is 15.4. The molecule has 2 heterocycles. The number of alkyl carbamates (subject to hydrolysis) is 1. The minimum Gasteiger partial charge on any atom is -0.475 e. The maximum Gasteiger partial charge on any atom is 0.417 e. The highest BCUT2D eigenvalue weighted by molar-refractivity contribution is 9.10. The molecule has 22 heteroatoms. The van der Waals surface area contributed by atoms with E-state index in [4.69, 9.17) is 14.2 Å². The molecule has 5 aromatic rings. The molecular weight excluding hydrogens is 1060 g/mol. The van der Waals surface area contributed by atoms with Gasteiger partial charge in [0.05, 0.1) is 42.2 Å². The molecule has 0 bridgehead atoms. The lowest BCUT2D eigenvalue weighted by Crippen LogP contribution is -2.54. The number of carbonyl (C=O) groups excluding carboxylic acids is 5. The SMILES string of the molecule is COC(=O)c1cc2c(cc1C(F)(F)F)OC(C)(c1cc(Br)ccc1F)C(=O)C2.COC(=O)c1cc2c(cc1C(F)(F)F)OC(C)(c1cc(Br)ccc1F)C(=O)N2CCNC(=O)OCc1ccccc1. The summed E-state index contributed by atoms with van der Waals surface area (Å²) in [4.78, 5) is 63.9. The van der Waals surface area contributed by atoms with Crippen molar-refractivity contribution in [3.63, 3.8) is 0 Å². The molecule has 7 rings (SSSR count). The first kappa shape index (κ1) is 51.8. The molecule has 2 aliphatic heterocycles. The zero-order chi connectivity index (χ0) is 50.8. The number of ether oxygens (including phenoxy) is 5. The average molecular weight is 1100 g/mol. The summed E-state index contributed by atoms with van der Waals surface area (Å²) in [7, 11) is 1.87. The normalized spacial score (nSPS) is 17.5. The van der Waals surface area contributed by atoms with Crippen LogP contribution in [-0.4, -0.2) is 57.0 Å². The Balaban J connectivity index is 0.000000243. The van der Waals surface area contributed by atoms with Gasteiger partial charge >= 0.3 is 30.4 Å². The summed E-state index contributed by atoms with van der Waals surface area (Å²) in [6.07, 6.45) is -11.0. The van der Waals surface area contributed by atoms with Gasteiger partial charge < -0.3 is 33.9 Å². The van der Waals surface area contributed by atoms with Gasteiger partial charge in [-0.25, -0.2) is 23.2 Å². The van der Waals surface area contributed by atoms with Gasteiger partial charge in [0.1, 0.15) is 29.7 Å². The number of rotatable bonds is 9. The number of alkyl halides is 6. The monoisotopic (exact) mass is 1100 g/mol. The summed E-state index contributed by atoms with van der Waals surface area (Å²) >= 11 is 6.38. The molecule has 0 saturated heterocycles. The number of methoxy groups -OCH3 is 2. The van der Waals surface area contributed by atoms with Gasteiger partial charge in [-0.05, 0) is 80.1 Å². The third-order valence-electron chi connectivity index (χ3n) is 10.9. The average Bonchev–Trinajstić information content (AvgIpc) is 3.30. The number of nitrogens with one attached hydrogen (secondary N) is 1. The van der Waals surface area contributed by atoms with Gasteiger partial charge in [0.25, 0.3) is 5.91 Å². The molecule has 0 radical (unpaired) electrons. The van der Waals surface area contributed by atoms with Gasteiger partial charge in [-0.2, -0.15) is 26.3 Å². The Morgan fingerprint density at radius 1 is 0.710 bits per heavy atom. The molecule has 5 aromatic carbocycles. The van der Waals surface area contributed by atoms with Crippen LogP contribution in [0, 0.1) is 11.6 Å². The van der Waals surface area contributed by atoms with Gasteiger partial charge in [0.2, 0.25) is 5.60 Å². The Bertz CT molecular complexity index is 2850. The van der Waals surface area contributed by atoms with E-state index < -0.39 is 92.9 Å². The molecule has 69 heavy (non-hydrogen) atoms. The van der Waals surface area contributed by atoms with Crippen LogP contribution < -0.4 is 19.7 Å². The predicted octanol–water partition coefficient (Wildman–Crippen LogP) is 10.8. The Hall–Kier alpha value is -6.55. The number of fused-ring (bicyclic) bond motifs is 2. The van der Waals surface area contributed by atoms with E-state index in [0.29, 0.717) is 21.1 Å². The van der Waals surface area contributed by atoms with E-state index in [1.165, 1.54) is 38.1 Å². The Morgan fingerprint density at radius 2 is 1.22 bits per heavy atom. The minimum absolute atomic E-state index is 0.0189. The number of Topliss-reactive ketones (excluding diaryl/α,β-unsaturated/α-hetero) is 1. The van der Waals surface area contributed by atoms with Crippen LogP contribution in [0.2, 0.25) is 0 Å². The smallest absolute Gasteiger partial charge is 0.417 e. The molecule has 0 fully saturated rings. The van der Waals surface area contributed by atoms with E-state index in [1.54, 1.807) is 30.3 Å². The first-order valence-electron chi connectivity index (χ1n) is 20.1. The van der Waals surface area contributed by atoms with Gasteiger partial charge in [-0.15, -0.1) is 0 Å². The largest absolute Gasteiger partial charge is 0.475 e. The fourth-order valence-electron chi connectivity index (χ4n) is 7.36. The lowest BCUT2D eigenvalue weighted by atomic mass is 9.84. The molecule has 2 atom stereocenters. The van der Waals surface area contributed by atoms with Crippen molar-refractivity contribution in [2.75, 3.05) is 32.2 Å². The van der Waals surface area contributed by atoms with E-state index in [9.17, 15) is 59.1 Å². The highest BCUT2D eigenvalue weighted by Crippen LogP contribution is 2.48. The second-order valence-corrected chi connectivity index (χ2v) is 17.2. The molecule has 12 nitrogen and oxygen atoms in total. The molecule has 364 valence electrons. The Labute approximate surface area is 404 Å². The molecule has 1 N–H and O–H groups in total. The van der Waals surface area contributed by atoms with Crippen molar-refractivity contribution >= 4 is 67.3 Å². The molecule has 2 amide bonds. The summed E-state index contributed by atoms with van der Waals surface area (Å²) in [5.41, 5.74) is -7.85. The van der Waals surface area contributed by atoms with Crippen LogP contribution in [0.3, 0.4) is 0 Å². The summed E-state index contributed by atoms with van der Waals surface area (Å²) in [6, 6.07) is 19.5. The van der Waals surface area contributed by atoms with E-state index in [2.05, 4.69) is 46.7 Å². The number of esters is 2. The maximum absolute atomic E-state index is 15.0. The number of halogens is 10. The number of carbonyl (C=O) groups is 5. The molecule has 2 unspecified atom stereocenters. The van der Waals surface area contributed by atoms with Crippen molar-refractivity contribution < 1.29 is 82.8 Å². The van der Waals surface area contributed by atoms with Crippen LogP contribution in [0.1, 0.15) is 67.9 Å². The van der Waals surface area contributed by atoms with Crippen LogP contribution in [0.4, 0.5) is 45.6 Å². The van der Waals surface area contributed by atoms with Crippen LogP contribution in [0.5, 0.6) is 11.5 Å². The van der Waals surface area contributed by atoms with E-state index in [0.717, 1.165) is 48.9 Å². The quantitative estimate of drug-likeness (QED) is 0.0860. The van der Waals surface area contributed by atoms with Gasteiger partial charge in [0.15, 0.2) is 11.4 Å². The molecule has 0 aliphatic carbocycles. The lowest BCUT2D eigenvalue weighted by Gasteiger charge is -2.41. The van der Waals surface area contributed by atoms with E-state index >= 15 is 0 Å². The third-order valence-corrected chi connectivity index (χ3v) is 11.9. The van der Waals surface area contributed by atoms with Crippen LogP contribution >= 0.6 is 31.9 Å². The lowest BCUT2D eigenvalue weighted by molar-refractivity contribution is -0.140. The van der Waals surface area contributed by atoms with Crippen LogP contribution in [0.15, 0.2) is 99.9 Å². The number of amides is 2. The molecule has 0 saturated carbocycles. The summed E-state index contributed by atoms with van der Waals surface area (Å²) in [5, 5.41) is 2.47. The molecule has 2 aliphatic rings. The highest BCUT2D eigenvalue weighted by Gasteiger charge is 2.50. The summed E-state index contributed by atoms with van der Waals surface area (Å²) in [6.45, 7) is 2.01. The standard InChI is InChI=1S/C28H23BrF4N2O6.C19H13BrF4O4/c1-27(20-12-17(29)8-9-21(20)30)25(37)35(11-10-34-26(38)40-15-16-6-4-3-5-7-16)22-13-18(24(36)39-2)19(28(31,32)33)14-23(22)41-27;1-18(13-7-10(20)3-4-14(13)21)16(25)6-9-5-11(17(26)27-2)12(19(22,23)24)8-15(9)28-18/h3-9,12-14H,10-11,15H2,1-2H3,(H,34,38);3-5,7-8H,6H2,1-2H3. The Kier molecular flexibility index (Phi) is 15.2. The van der Waals surface area contributed by atoms with Crippen molar-refractivity contribution in [2.45, 2.75) is 50.4 Å². The summed E-state index contributed by atoms with van der Waals surface area (Å²) < 4.78 is 138. The second kappa shape index (κ2) is 20.2. The molecular formula is C47H36Br2F8N2O10. The number of nitrogens with zero attached hydrogens (tertiary/aromatic N) is 1. The number of hydrogen-bond donors (Lipinski definition) is 1. The van der Waals surface area contributed by atoms with Gasteiger partial charge in [-0.3, -0.25) is 9.59 Å². The number of ketones is 1. The fraction of sp³-hybridized carbons (Fsp3) is 0.255. The van der Waals surface area contributed by atoms with Crippen LogP contribution in [-0.2, 0) is 60.4 Å². The van der Waals surface area contributed by atoms with Crippen molar-refractivity contribution in [3.05, 3.63) is 156 Å². The Morgan fingerprint density at radius 3 is 1.75 bits per heavy atom.